The molecule has 0 spiro atoms. The van der Waals surface area contributed by atoms with Gasteiger partial charge in [-0.1, -0.05) is 24.3 Å². The number of aromatic nitrogens is 1. The molecule has 1 aromatic heterocycles. The molecule has 0 saturated heterocycles. The van der Waals surface area contributed by atoms with Crippen LogP contribution in [0.25, 0.3) is 22.2 Å². The fraction of sp³-hybridized carbons (Fsp3) is 0.111. The minimum absolute atomic E-state index is 0.363. The van der Waals surface area contributed by atoms with Gasteiger partial charge in [0.2, 0.25) is 0 Å². The van der Waals surface area contributed by atoms with Crippen LogP contribution in [0.1, 0.15) is 15.9 Å². The molecular weight excluding hydrogens is 319 g/mol. The number of benzene rings is 2. The number of hydrogen-bond donors (Lipinski definition) is 0. The lowest BCUT2D eigenvalue weighted by Crippen LogP contribution is -2.04. The van der Waals surface area contributed by atoms with Crippen molar-refractivity contribution in [1.82, 2.24) is 4.98 Å². The summed E-state index contributed by atoms with van der Waals surface area (Å²) in [6, 6.07) is 13.3. The van der Waals surface area contributed by atoms with Crippen molar-refractivity contribution in [3.63, 3.8) is 0 Å². The molecule has 122 valence electrons. The lowest BCUT2D eigenvalue weighted by molar-refractivity contribution is -0.137. The van der Waals surface area contributed by atoms with Crippen LogP contribution in [0.4, 0.5) is 13.2 Å². The van der Waals surface area contributed by atoms with Crippen LogP contribution in [0, 0.1) is 0 Å². The van der Waals surface area contributed by atoms with E-state index in [1.165, 1.54) is 19.2 Å². The zero-order valence-corrected chi connectivity index (χ0v) is 12.6. The van der Waals surface area contributed by atoms with Gasteiger partial charge >= 0.3 is 12.1 Å². The molecule has 1 heterocycles. The van der Waals surface area contributed by atoms with Gasteiger partial charge in [0.25, 0.3) is 0 Å². The number of rotatable bonds is 2. The Morgan fingerprint density at radius 1 is 1.00 bits per heavy atom. The van der Waals surface area contributed by atoms with Crippen molar-refractivity contribution in [2.75, 3.05) is 7.11 Å². The zero-order chi connectivity index (χ0) is 17.3. The first kappa shape index (κ1) is 16.0. The molecule has 0 saturated carbocycles. The van der Waals surface area contributed by atoms with E-state index < -0.39 is 17.7 Å². The molecule has 24 heavy (non-hydrogen) atoms. The summed E-state index contributed by atoms with van der Waals surface area (Å²) >= 11 is 0. The number of nitrogens with zero attached hydrogens (tertiary/aromatic N) is 1. The summed E-state index contributed by atoms with van der Waals surface area (Å²) in [5.74, 6) is -0.473. The Hall–Kier alpha value is -2.89. The fourth-order valence-corrected chi connectivity index (χ4v) is 2.35. The highest BCUT2D eigenvalue weighted by molar-refractivity contribution is 5.94. The van der Waals surface area contributed by atoms with Crippen LogP contribution in [0.15, 0.2) is 54.6 Å². The normalized spacial score (nSPS) is 11.5. The third-order valence-corrected chi connectivity index (χ3v) is 3.62. The fourth-order valence-electron chi connectivity index (χ4n) is 2.35. The molecule has 3 aromatic rings. The van der Waals surface area contributed by atoms with Crippen LogP contribution >= 0.6 is 0 Å². The lowest BCUT2D eigenvalue weighted by atomic mass is 10.1. The van der Waals surface area contributed by atoms with Crippen molar-refractivity contribution in [3.05, 3.63) is 65.7 Å². The summed E-state index contributed by atoms with van der Waals surface area (Å²) < 4.78 is 42.5. The molecule has 0 fully saturated rings. The molecule has 0 bridgehead atoms. The summed E-state index contributed by atoms with van der Waals surface area (Å²) in [6.07, 6.45) is -4.37. The SMILES string of the molecule is COC(=O)c1ccc2ccc(-c3ccc(C(F)(F)F)cc3)nc2c1. The number of hydrogen-bond acceptors (Lipinski definition) is 3. The molecule has 0 aliphatic heterocycles. The van der Waals surface area contributed by atoms with Crippen molar-refractivity contribution in [1.29, 1.82) is 0 Å². The Labute approximate surface area is 135 Å². The highest BCUT2D eigenvalue weighted by atomic mass is 19.4. The van der Waals surface area contributed by atoms with Crippen molar-refractivity contribution in [2.45, 2.75) is 6.18 Å². The minimum Gasteiger partial charge on any atom is -0.465 e. The Balaban J connectivity index is 2.02. The second kappa shape index (κ2) is 5.96. The lowest BCUT2D eigenvalue weighted by Gasteiger charge is -2.08. The number of halogens is 3. The third-order valence-electron chi connectivity index (χ3n) is 3.62. The van der Waals surface area contributed by atoms with Gasteiger partial charge in [0.15, 0.2) is 0 Å². The smallest absolute Gasteiger partial charge is 0.416 e. The predicted molar refractivity (Wildman–Crippen MR) is 83.5 cm³/mol. The topological polar surface area (TPSA) is 39.2 Å². The first-order valence-corrected chi connectivity index (χ1v) is 7.05. The third kappa shape index (κ3) is 3.08. The van der Waals surface area contributed by atoms with Gasteiger partial charge in [-0.2, -0.15) is 13.2 Å². The number of alkyl halides is 3. The van der Waals surface area contributed by atoms with Crippen LogP contribution in [-0.2, 0) is 10.9 Å². The largest absolute Gasteiger partial charge is 0.465 e. The maximum absolute atomic E-state index is 12.6. The maximum Gasteiger partial charge on any atom is 0.416 e. The second-order valence-corrected chi connectivity index (χ2v) is 5.17. The van der Waals surface area contributed by atoms with Crippen molar-refractivity contribution in [3.8, 4) is 11.3 Å². The standard InChI is InChI=1S/C18H12F3NO2/c1-24-17(23)13-3-2-12-6-9-15(22-16(12)10-13)11-4-7-14(8-5-11)18(19,20)21/h2-10H,1H3. The number of pyridine rings is 1. The Bertz CT molecular complexity index is 902. The Kier molecular flexibility index (Phi) is 3.97. The van der Waals surface area contributed by atoms with Gasteiger partial charge < -0.3 is 4.74 Å². The van der Waals surface area contributed by atoms with Crippen molar-refractivity contribution >= 4 is 16.9 Å². The van der Waals surface area contributed by atoms with Gasteiger partial charge in [-0.15, -0.1) is 0 Å². The van der Waals surface area contributed by atoms with E-state index in [0.717, 1.165) is 17.5 Å². The quantitative estimate of drug-likeness (QED) is 0.639. The average molecular weight is 331 g/mol. The van der Waals surface area contributed by atoms with Crippen LogP contribution < -0.4 is 0 Å². The van der Waals surface area contributed by atoms with E-state index in [-0.39, 0.29) is 0 Å². The number of ether oxygens (including phenoxy) is 1. The molecule has 0 N–H and O–H groups in total. The first-order valence-electron chi connectivity index (χ1n) is 7.05. The number of carbonyl (C=O) groups is 1. The molecule has 0 radical (unpaired) electrons. The minimum atomic E-state index is -4.37. The van der Waals surface area contributed by atoms with E-state index in [9.17, 15) is 18.0 Å². The van der Waals surface area contributed by atoms with Crippen LogP contribution in [0.2, 0.25) is 0 Å². The van der Waals surface area contributed by atoms with Crippen LogP contribution in [0.5, 0.6) is 0 Å². The van der Waals surface area contributed by atoms with Crippen LogP contribution in [0.3, 0.4) is 0 Å². The first-order chi connectivity index (χ1) is 11.4. The van der Waals surface area contributed by atoms with E-state index in [0.29, 0.717) is 22.3 Å². The van der Waals surface area contributed by atoms with Gasteiger partial charge in [0.1, 0.15) is 0 Å². The van der Waals surface area contributed by atoms with Gasteiger partial charge in [-0.25, -0.2) is 9.78 Å². The van der Waals surface area contributed by atoms with Gasteiger partial charge in [-0.3, -0.25) is 0 Å². The van der Waals surface area contributed by atoms with Crippen molar-refractivity contribution < 1.29 is 22.7 Å². The maximum atomic E-state index is 12.6. The van der Waals surface area contributed by atoms with Crippen LogP contribution in [-0.4, -0.2) is 18.1 Å². The van der Waals surface area contributed by atoms with Gasteiger partial charge in [0.05, 0.1) is 29.4 Å². The summed E-state index contributed by atoms with van der Waals surface area (Å²) in [4.78, 5) is 16.0. The zero-order valence-electron chi connectivity index (χ0n) is 12.6. The van der Waals surface area contributed by atoms with E-state index in [1.54, 1.807) is 30.3 Å². The molecule has 0 unspecified atom stereocenters. The molecule has 6 heteroatoms. The molecule has 0 atom stereocenters. The molecule has 2 aromatic carbocycles. The number of fused-ring (bicyclic) bond motifs is 1. The molecule has 0 amide bonds. The van der Waals surface area contributed by atoms with Gasteiger partial charge in [0, 0.05) is 10.9 Å². The molecule has 0 aliphatic rings. The van der Waals surface area contributed by atoms with E-state index in [1.807, 2.05) is 0 Å². The van der Waals surface area contributed by atoms with Crippen molar-refractivity contribution in [2.24, 2.45) is 0 Å². The summed E-state index contributed by atoms with van der Waals surface area (Å²) in [7, 11) is 1.29. The number of esters is 1. The average Bonchev–Trinajstić information content (AvgIpc) is 2.59. The summed E-state index contributed by atoms with van der Waals surface area (Å²) in [5.41, 5.74) is 1.31. The predicted octanol–water partition coefficient (Wildman–Crippen LogP) is 4.71. The highest BCUT2D eigenvalue weighted by Crippen LogP contribution is 2.31. The molecule has 3 nitrogen and oxygen atoms in total. The van der Waals surface area contributed by atoms with E-state index in [4.69, 9.17) is 0 Å². The monoisotopic (exact) mass is 331 g/mol. The van der Waals surface area contributed by atoms with E-state index >= 15 is 0 Å². The number of methoxy groups -OCH3 is 1. The molecular formula is C18H12F3NO2. The number of carbonyl (C=O) groups excluding carboxylic acids is 1. The Morgan fingerprint density at radius 3 is 2.29 bits per heavy atom. The summed E-state index contributed by atoms with van der Waals surface area (Å²) in [6.45, 7) is 0. The summed E-state index contributed by atoms with van der Waals surface area (Å²) in [5, 5.41) is 0.818. The van der Waals surface area contributed by atoms with Gasteiger partial charge in [-0.05, 0) is 30.3 Å². The molecule has 0 aliphatic carbocycles. The second-order valence-electron chi connectivity index (χ2n) is 5.17. The van der Waals surface area contributed by atoms with E-state index in [2.05, 4.69) is 9.72 Å². The highest BCUT2D eigenvalue weighted by Gasteiger charge is 2.30. The molecule has 3 rings (SSSR count). The Morgan fingerprint density at radius 2 is 1.67 bits per heavy atom.